The van der Waals surface area contributed by atoms with Gasteiger partial charge < -0.3 is 10.6 Å². The van der Waals surface area contributed by atoms with Crippen molar-refractivity contribution < 1.29 is 4.79 Å². The Morgan fingerprint density at radius 3 is 3.07 bits per heavy atom. The third kappa shape index (κ3) is 2.06. The highest BCUT2D eigenvalue weighted by atomic mass is 32.1. The Labute approximate surface area is 93.9 Å². The van der Waals surface area contributed by atoms with Crippen LogP contribution in [-0.4, -0.2) is 30.9 Å². The lowest BCUT2D eigenvalue weighted by Gasteiger charge is -2.14. The summed E-state index contributed by atoms with van der Waals surface area (Å²) in [5.41, 5.74) is 6.81. The van der Waals surface area contributed by atoms with E-state index < -0.39 is 0 Å². The van der Waals surface area contributed by atoms with Gasteiger partial charge in [-0.25, -0.2) is 0 Å². The van der Waals surface area contributed by atoms with Crippen LogP contribution >= 0.6 is 11.3 Å². The predicted molar refractivity (Wildman–Crippen MR) is 62.4 cm³/mol. The molecule has 1 amide bonds. The van der Waals surface area contributed by atoms with Crippen LogP contribution in [-0.2, 0) is 12.8 Å². The molecule has 1 aromatic heterocycles. The Balaban J connectivity index is 2.12. The first-order valence-electron chi connectivity index (χ1n) is 5.29. The lowest BCUT2D eigenvalue weighted by molar-refractivity contribution is 0.0803. The first kappa shape index (κ1) is 10.6. The summed E-state index contributed by atoms with van der Waals surface area (Å²) in [7, 11) is 1.81. The smallest absolute Gasteiger partial charge is 0.263 e. The summed E-state index contributed by atoms with van der Waals surface area (Å²) in [6.45, 7) is 1.15. The van der Waals surface area contributed by atoms with E-state index in [2.05, 4.69) is 6.07 Å². The number of nitrogens with two attached hydrogens (primary N) is 1. The van der Waals surface area contributed by atoms with Crippen molar-refractivity contribution in [3.63, 3.8) is 0 Å². The summed E-state index contributed by atoms with van der Waals surface area (Å²) in [6, 6.07) is 2.06. The van der Waals surface area contributed by atoms with E-state index in [1.807, 2.05) is 0 Å². The third-order valence-corrected chi connectivity index (χ3v) is 3.99. The number of hydrogen-bond donors (Lipinski definition) is 1. The molecule has 0 aromatic carbocycles. The monoisotopic (exact) mass is 224 g/mol. The molecule has 1 aliphatic rings. The highest BCUT2D eigenvalue weighted by molar-refractivity contribution is 7.14. The van der Waals surface area contributed by atoms with Crippen molar-refractivity contribution in [1.82, 2.24) is 4.90 Å². The zero-order valence-electron chi connectivity index (χ0n) is 8.95. The molecule has 1 aromatic rings. The molecule has 2 rings (SSSR count). The van der Waals surface area contributed by atoms with E-state index in [0.29, 0.717) is 13.1 Å². The molecular formula is C11H16N2OS. The van der Waals surface area contributed by atoms with Gasteiger partial charge in [0.1, 0.15) is 0 Å². The zero-order chi connectivity index (χ0) is 10.8. The fourth-order valence-electron chi connectivity index (χ4n) is 1.92. The molecule has 0 atom stereocenters. The van der Waals surface area contributed by atoms with Gasteiger partial charge in [-0.2, -0.15) is 0 Å². The van der Waals surface area contributed by atoms with E-state index in [1.165, 1.54) is 16.9 Å². The van der Waals surface area contributed by atoms with Gasteiger partial charge in [-0.05, 0) is 30.9 Å². The van der Waals surface area contributed by atoms with Crippen molar-refractivity contribution in [2.24, 2.45) is 5.73 Å². The van der Waals surface area contributed by atoms with Gasteiger partial charge in [0.25, 0.3) is 5.91 Å². The topological polar surface area (TPSA) is 46.3 Å². The van der Waals surface area contributed by atoms with Gasteiger partial charge in [0.2, 0.25) is 0 Å². The molecule has 0 unspecified atom stereocenters. The molecule has 0 aliphatic heterocycles. The minimum Gasteiger partial charge on any atom is -0.340 e. The molecule has 0 saturated heterocycles. The average molecular weight is 224 g/mol. The maximum Gasteiger partial charge on any atom is 0.263 e. The molecule has 0 saturated carbocycles. The van der Waals surface area contributed by atoms with Gasteiger partial charge in [0.15, 0.2) is 0 Å². The van der Waals surface area contributed by atoms with Crippen LogP contribution in [0.4, 0.5) is 0 Å². The number of likely N-dealkylation sites (N-methyl/N-ethyl adjacent to an activating group) is 1. The van der Waals surface area contributed by atoms with Gasteiger partial charge in [0, 0.05) is 25.0 Å². The Kier molecular flexibility index (Phi) is 3.07. The fourth-order valence-corrected chi connectivity index (χ4v) is 3.17. The second-order valence-corrected chi connectivity index (χ2v) is 5.06. The summed E-state index contributed by atoms with van der Waals surface area (Å²) in [6.07, 6.45) is 3.53. The Hall–Kier alpha value is -0.870. The Morgan fingerprint density at radius 1 is 1.60 bits per heavy atom. The first-order valence-corrected chi connectivity index (χ1v) is 6.11. The second kappa shape index (κ2) is 4.33. The van der Waals surface area contributed by atoms with E-state index in [4.69, 9.17) is 5.73 Å². The van der Waals surface area contributed by atoms with E-state index in [0.717, 1.165) is 17.7 Å². The highest BCUT2D eigenvalue weighted by Crippen LogP contribution is 2.30. The van der Waals surface area contributed by atoms with E-state index in [-0.39, 0.29) is 5.91 Å². The maximum absolute atomic E-state index is 11.9. The largest absolute Gasteiger partial charge is 0.340 e. The van der Waals surface area contributed by atoms with Gasteiger partial charge >= 0.3 is 0 Å². The standard InChI is InChI=1S/C11H16N2OS/c1-13(6-5-12)11(14)10-7-8-3-2-4-9(8)15-10/h7H,2-6,12H2,1H3. The van der Waals surface area contributed by atoms with Crippen molar-refractivity contribution >= 4 is 17.2 Å². The quantitative estimate of drug-likeness (QED) is 0.840. The average Bonchev–Trinajstić information content (AvgIpc) is 2.75. The van der Waals surface area contributed by atoms with Crippen molar-refractivity contribution in [2.75, 3.05) is 20.1 Å². The molecular weight excluding hydrogens is 208 g/mol. The first-order chi connectivity index (χ1) is 7.22. The number of aryl methyl sites for hydroxylation is 2. The number of nitrogens with zero attached hydrogens (tertiary/aromatic N) is 1. The predicted octanol–water partition coefficient (Wildman–Crippen LogP) is 1.27. The second-order valence-electron chi connectivity index (χ2n) is 3.93. The molecule has 15 heavy (non-hydrogen) atoms. The fraction of sp³-hybridized carbons (Fsp3) is 0.545. The Bertz CT molecular complexity index is 351. The number of rotatable bonds is 3. The lowest BCUT2D eigenvalue weighted by Crippen LogP contribution is -2.31. The summed E-state index contributed by atoms with van der Waals surface area (Å²) in [5, 5.41) is 0. The molecule has 2 N–H and O–H groups in total. The van der Waals surface area contributed by atoms with Crippen LogP contribution in [0.3, 0.4) is 0 Å². The minimum atomic E-state index is 0.111. The van der Waals surface area contributed by atoms with Crippen LogP contribution in [0.2, 0.25) is 0 Å². The van der Waals surface area contributed by atoms with E-state index in [9.17, 15) is 4.79 Å². The van der Waals surface area contributed by atoms with Crippen LogP contribution in [0.1, 0.15) is 26.5 Å². The molecule has 3 nitrogen and oxygen atoms in total. The summed E-state index contributed by atoms with van der Waals surface area (Å²) >= 11 is 1.65. The van der Waals surface area contributed by atoms with Gasteiger partial charge in [-0.1, -0.05) is 0 Å². The minimum absolute atomic E-state index is 0.111. The molecule has 4 heteroatoms. The molecule has 0 fully saturated rings. The number of fused-ring (bicyclic) bond motifs is 1. The molecule has 0 radical (unpaired) electrons. The summed E-state index contributed by atoms with van der Waals surface area (Å²) in [4.78, 5) is 15.9. The van der Waals surface area contributed by atoms with Crippen molar-refractivity contribution in [3.05, 3.63) is 21.4 Å². The van der Waals surface area contributed by atoms with Crippen molar-refractivity contribution in [2.45, 2.75) is 19.3 Å². The normalized spacial score (nSPS) is 14.0. The summed E-state index contributed by atoms with van der Waals surface area (Å²) < 4.78 is 0. The van der Waals surface area contributed by atoms with Crippen molar-refractivity contribution in [1.29, 1.82) is 0 Å². The highest BCUT2D eigenvalue weighted by Gasteiger charge is 2.20. The Morgan fingerprint density at radius 2 is 2.40 bits per heavy atom. The van der Waals surface area contributed by atoms with E-state index in [1.54, 1.807) is 23.3 Å². The lowest BCUT2D eigenvalue weighted by atomic mass is 10.2. The third-order valence-electron chi connectivity index (χ3n) is 2.77. The van der Waals surface area contributed by atoms with Gasteiger partial charge in [0.05, 0.1) is 4.88 Å². The SMILES string of the molecule is CN(CCN)C(=O)c1cc2c(s1)CCC2. The number of hydrogen-bond acceptors (Lipinski definition) is 3. The van der Waals surface area contributed by atoms with Crippen LogP contribution < -0.4 is 5.73 Å². The van der Waals surface area contributed by atoms with Crippen LogP contribution in [0.5, 0.6) is 0 Å². The molecule has 1 aliphatic carbocycles. The summed E-state index contributed by atoms with van der Waals surface area (Å²) in [5.74, 6) is 0.111. The number of carbonyl (C=O) groups excluding carboxylic acids is 1. The molecule has 0 spiro atoms. The number of amides is 1. The zero-order valence-corrected chi connectivity index (χ0v) is 9.77. The number of thiophene rings is 1. The molecule has 82 valence electrons. The van der Waals surface area contributed by atoms with Crippen LogP contribution in [0.25, 0.3) is 0 Å². The van der Waals surface area contributed by atoms with Gasteiger partial charge in [-0.3, -0.25) is 4.79 Å². The van der Waals surface area contributed by atoms with Gasteiger partial charge in [-0.15, -0.1) is 11.3 Å². The number of carbonyl (C=O) groups is 1. The van der Waals surface area contributed by atoms with Crippen LogP contribution in [0, 0.1) is 0 Å². The molecule has 1 heterocycles. The maximum atomic E-state index is 11.9. The van der Waals surface area contributed by atoms with Crippen LogP contribution in [0.15, 0.2) is 6.07 Å². The van der Waals surface area contributed by atoms with E-state index >= 15 is 0 Å². The molecule has 0 bridgehead atoms. The van der Waals surface area contributed by atoms with Crippen molar-refractivity contribution in [3.8, 4) is 0 Å².